The summed E-state index contributed by atoms with van der Waals surface area (Å²) in [6.45, 7) is 0. The highest BCUT2D eigenvalue weighted by Gasteiger charge is 2.46. The van der Waals surface area contributed by atoms with Crippen molar-refractivity contribution in [2.45, 2.75) is 5.41 Å². The summed E-state index contributed by atoms with van der Waals surface area (Å²) in [6, 6.07) is 83.5. The van der Waals surface area contributed by atoms with Crippen LogP contribution in [0.25, 0.3) is 87.5 Å². The molecule has 2 nitrogen and oxygen atoms in total. The number of hydrogen-bond acceptors (Lipinski definition) is 3. The molecular formula is C59H38N2S. The van der Waals surface area contributed by atoms with Crippen LogP contribution in [0.2, 0.25) is 0 Å². The van der Waals surface area contributed by atoms with Gasteiger partial charge in [-0.1, -0.05) is 194 Å². The van der Waals surface area contributed by atoms with Gasteiger partial charge in [-0.3, -0.25) is 0 Å². The van der Waals surface area contributed by atoms with E-state index in [1.807, 2.05) is 17.4 Å². The van der Waals surface area contributed by atoms with Crippen LogP contribution >= 0.6 is 11.3 Å². The number of rotatable bonds is 7. The van der Waals surface area contributed by atoms with E-state index in [1.165, 1.54) is 59.1 Å². The van der Waals surface area contributed by atoms with E-state index in [9.17, 15) is 0 Å². The van der Waals surface area contributed by atoms with E-state index < -0.39 is 5.41 Å². The van der Waals surface area contributed by atoms with Gasteiger partial charge in [0.05, 0.1) is 16.8 Å². The van der Waals surface area contributed by atoms with Crippen LogP contribution in [-0.4, -0.2) is 9.97 Å². The van der Waals surface area contributed by atoms with Crippen LogP contribution < -0.4 is 0 Å². The van der Waals surface area contributed by atoms with Gasteiger partial charge in [0, 0.05) is 36.9 Å². The first-order valence-electron chi connectivity index (χ1n) is 21.1. The molecule has 1 aliphatic rings. The summed E-state index contributed by atoms with van der Waals surface area (Å²) in [7, 11) is 0. The van der Waals surface area contributed by atoms with Crippen LogP contribution in [0.5, 0.6) is 0 Å². The van der Waals surface area contributed by atoms with Gasteiger partial charge >= 0.3 is 0 Å². The maximum Gasteiger partial charge on any atom is 0.160 e. The van der Waals surface area contributed by atoms with Crippen molar-refractivity contribution in [2.75, 3.05) is 0 Å². The van der Waals surface area contributed by atoms with Crippen molar-refractivity contribution in [3.05, 3.63) is 253 Å². The lowest BCUT2D eigenvalue weighted by molar-refractivity contribution is 0.768. The monoisotopic (exact) mass is 806 g/mol. The second-order valence-electron chi connectivity index (χ2n) is 16.1. The number of hydrogen-bond donors (Lipinski definition) is 0. The average molecular weight is 807 g/mol. The van der Waals surface area contributed by atoms with Gasteiger partial charge in [-0.15, -0.1) is 11.3 Å². The number of nitrogens with zero attached hydrogens (tertiary/aromatic N) is 2. The summed E-state index contributed by atoms with van der Waals surface area (Å²) >= 11 is 1.85. The SMILES string of the molecule is c1ccc(-c2cc(-c3ccc4c(c3)sc3ccccc34)cc(-c3cc(-c4cccc5c4-c4ccccc4C5(c4ccccc4)c4ccccc4)nc(-c4ccccc4)n3)c2)cc1. The van der Waals surface area contributed by atoms with Crippen LogP contribution in [0.15, 0.2) is 231 Å². The van der Waals surface area contributed by atoms with Gasteiger partial charge in [-0.2, -0.15) is 0 Å². The second-order valence-corrected chi connectivity index (χ2v) is 17.1. The molecule has 1 aliphatic carbocycles. The van der Waals surface area contributed by atoms with Gasteiger partial charge in [0.15, 0.2) is 5.82 Å². The quantitative estimate of drug-likeness (QED) is 0.160. The van der Waals surface area contributed by atoms with Gasteiger partial charge in [0.2, 0.25) is 0 Å². The molecule has 0 saturated heterocycles. The van der Waals surface area contributed by atoms with Crippen molar-refractivity contribution in [3.63, 3.8) is 0 Å². The highest BCUT2D eigenvalue weighted by molar-refractivity contribution is 7.25. The summed E-state index contributed by atoms with van der Waals surface area (Å²) in [6.07, 6.45) is 0. The molecule has 0 unspecified atom stereocenters. The lowest BCUT2D eigenvalue weighted by Crippen LogP contribution is -2.28. The summed E-state index contributed by atoms with van der Waals surface area (Å²) in [4.78, 5) is 10.8. The van der Waals surface area contributed by atoms with Gasteiger partial charge < -0.3 is 0 Å². The normalized spacial score (nSPS) is 12.6. The smallest absolute Gasteiger partial charge is 0.160 e. The molecule has 3 heteroatoms. The minimum absolute atomic E-state index is 0.517. The molecule has 12 rings (SSSR count). The molecule has 9 aromatic carbocycles. The molecular weight excluding hydrogens is 769 g/mol. The lowest BCUT2D eigenvalue weighted by atomic mass is 9.67. The summed E-state index contributed by atoms with van der Waals surface area (Å²) in [5.74, 6) is 0.692. The van der Waals surface area contributed by atoms with Crippen molar-refractivity contribution in [1.29, 1.82) is 0 Å². The standard InChI is InChI=1S/C59H38N2S/c1-5-18-39(19-6-1)42-34-43(41-32-33-48-47-26-14-16-31-55(47)62-56(48)37-41)36-44(35-42)53-38-54(61-58(60-53)40-20-7-2-8-21-40)50-28-17-30-52-57(50)49-27-13-15-29-51(49)59(52,45-22-9-3-10-23-45)46-24-11-4-12-25-46/h1-38H. The van der Waals surface area contributed by atoms with Crippen molar-refractivity contribution in [3.8, 4) is 67.3 Å². The maximum atomic E-state index is 5.45. The van der Waals surface area contributed by atoms with Crippen molar-refractivity contribution >= 4 is 31.5 Å². The summed E-state index contributed by atoms with van der Waals surface area (Å²) in [5, 5.41) is 2.60. The molecule has 0 N–H and O–H groups in total. The first kappa shape index (κ1) is 36.2. The summed E-state index contributed by atoms with van der Waals surface area (Å²) in [5.41, 5.74) is 16.4. The molecule has 0 bridgehead atoms. The Kier molecular flexibility index (Phi) is 8.62. The average Bonchev–Trinajstić information content (AvgIpc) is 3.88. The topological polar surface area (TPSA) is 25.8 Å². The van der Waals surface area contributed by atoms with E-state index in [4.69, 9.17) is 9.97 Å². The molecule has 0 atom stereocenters. The largest absolute Gasteiger partial charge is 0.228 e. The highest BCUT2D eigenvalue weighted by atomic mass is 32.1. The van der Waals surface area contributed by atoms with Crippen LogP contribution in [0.1, 0.15) is 22.3 Å². The first-order valence-corrected chi connectivity index (χ1v) is 22.0. The Hall–Kier alpha value is -7.72. The fourth-order valence-corrected chi connectivity index (χ4v) is 10.9. The molecule has 0 radical (unpaired) electrons. The second kappa shape index (κ2) is 14.8. The third kappa shape index (κ3) is 5.85. The summed E-state index contributed by atoms with van der Waals surface area (Å²) < 4.78 is 2.59. The third-order valence-corrected chi connectivity index (χ3v) is 13.7. The Bertz CT molecular complexity index is 3410. The van der Waals surface area contributed by atoms with Crippen LogP contribution in [0, 0.1) is 0 Å². The molecule has 0 aliphatic heterocycles. The molecule has 0 spiro atoms. The molecule has 2 aromatic heterocycles. The number of benzene rings is 9. The van der Waals surface area contributed by atoms with Gasteiger partial charge in [-0.05, 0) is 92.0 Å². The number of thiophene rings is 1. The van der Waals surface area contributed by atoms with E-state index in [0.29, 0.717) is 5.82 Å². The predicted octanol–water partition coefficient (Wildman–Crippen LogP) is 15.5. The number of aromatic nitrogens is 2. The number of fused-ring (bicyclic) bond motifs is 6. The van der Waals surface area contributed by atoms with E-state index in [0.717, 1.165) is 44.8 Å². The Balaban J connectivity index is 1.10. The Morgan fingerprint density at radius 3 is 1.61 bits per heavy atom. The van der Waals surface area contributed by atoms with E-state index in [-0.39, 0.29) is 0 Å². The van der Waals surface area contributed by atoms with Crippen LogP contribution in [0.4, 0.5) is 0 Å². The van der Waals surface area contributed by atoms with Crippen LogP contribution in [0.3, 0.4) is 0 Å². The molecule has 0 amide bonds. The zero-order valence-corrected chi connectivity index (χ0v) is 34.6. The zero-order valence-electron chi connectivity index (χ0n) is 33.7. The van der Waals surface area contributed by atoms with Gasteiger partial charge in [0.25, 0.3) is 0 Å². The molecule has 290 valence electrons. The minimum atomic E-state index is -0.517. The van der Waals surface area contributed by atoms with E-state index in [1.54, 1.807) is 0 Å². The zero-order chi connectivity index (χ0) is 41.0. The molecule has 0 saturated carbocycles. The lowest BCUT2D eigenvalue weighted by Gasteiger charge is -2.33. The van der Waals surface area contributed by atoms with Crippen molar-refractivity contribution in [1.82, 2.24) is 9.97 Å². The molecule has 11 aromatic rings. The van der Waals surface area contributed by atoms with E-state index >= 15 is 0 Å². The Morgan fingerprint density at radius 2 is 0.871 bits per heavy atom. The highest BCUT2D eigenvalue weighted by Crippen LogP contribution is 2.58. The first-order chi connectivity index (χ1) is 30.7. The Labute approximate surface area is 365 Å². The molecule has 62 heavy (non-hydrogen) atoms. The Morgan fingerprint density at radius 1 is 0.323 bits per heavy atom. The van der Waals surface area contributed by atoms with Crippen molar-refractivity contribution < 1.29 is 0 Å². The fraction of sp³-hybridized carbons (Fsp3) is 0.0169. The minimum Gasteiger partial charge on any atom is -0.228 e. The van der Waals surface area contributed by atoms with Gasteiger partial charge in [-0.25, -0.2) is 9.97 Å². The van der Waals surface area contributed by atoms with Gasteiger partial charge in [0.1, 0.15) is 0 Å². The van der Waals surface area contributed by atoms with Crippen molar-refractivity contribution in [2.24, 2.45) is 0 Å². The molecule has 0 fully saturated rings. The molecule has 2 heterocycles. The third-order valence-electron chi connectivity index (χ3n) is 12.6. The van der Waals surface area contributed by atoms with E-state index in [2.05, 4.69) is 224 Å². The maximum absolute atomic E-state index is 5.45. The predicted molar refractivity (Wildman–Crippen MR) is 259 cm³/mol. The van der Waals surface area contributed by atoms with Crippen LogP contribution in [-0.2, 0) is 5.41 Å². The fourth-order valence-electron chi connectivity index (χ4n) is 9.80.